The van der Waals surface area contributed by atoms with Gasteiger partial charge in [-0.25, -0.2) is 0 Å². The Morgan fingerprint density at radius 2 is 2.06 bits per heavy atom. The molecule has 0 amide bonds. The third kappa shape index (κ3) is 2.95. The van der Waals surface area contributed by atoms with Crippen molar-refractivity contribution in [1.29, 1.82) is 0 Å². The minimum absolute atomic E-state index is 0.131. The maximum Gasteiger partial charge on any atom is 0.313 e. The molecule has 0 aromatic carbocycles. The van der Waals surface area contributed by atoms with Crippen LogP contribution >= 0.6 is 0 Å². The highest BCUT2D eigenvalue weighted by Crippen LogP contribution is 2.41. The van der Waals surface area contributed by atoms with Gasteiger partial charge in [0, 0.05) is 20.1 Å². The number of carbonyl (C=O) groups is 1. The fourth-order valence-electron chi connectivity index (χ4n) is 1.74. The van der Waals surface area contributed by atoms with E-state index < -0.39 is 0 Å². The average molecular weight is 229 g/mol. The van der Waals surface area contributed by atoms with Crippen molar-refractivity contribution in [1.82, 2.24) is 0 Å². The molecule has 4 nitrogen and oxygen atoms in total. The minimum atomic E-state index is -0.378. The summed E-state index contributed by atoms with van der Waals surface area (Å²) in [5, 5.41) is 0. The van der Waals surface area contributed by atoms with Crippen molar-refractivity contribution in [3.8, 4) is 0 Å². The normalized spacial score (nSPS) is 19.0. The highest BCUT2D eigenvalue weighted by Gasteiger charge is 2.44. The molecule has 1 saturated carbocycles. The lowest BCUT2D eigenvalue weighted by molar-refractivity contribution is -0.162. The van der Waals surface area contributed by atoms with Gasteiger partial charge in [0.25, 0.3) is 0 Å². The Kier molecular flexibility index (Phi) is 4.33. The van der Waals surface area contributed by atoms with Crippen molar-refractivity contribution < 1.29 is 14.3 Å². The van der Waals surface area contributed by atoms with Crippen molar-refractivity contribution in [2.45, 2.75) is 45.1 Å². The van der Waals surface area contributed by atoms with E-state index in [1.54, 1.807) is 7.11 Å². The van der Waals surface area contributed by atoms with Gasteiger partial charge in [0.15, 0.2) is 0 Å². The molecule has 0 atom stereocenters. The second-order valence-corrected chi connectivity index (χ2v) is 5.19. The van der Waals surface area contributed by atoms with E-state index in [0.717, 1.165) is 19.3 Å². The molecule has 0 unspecified atom stereocenters. The molecule has 0 aromatic rings. The summed E-state index contributed by atoms with van der Waals surface area (Å²) in [6.07, 6.45) is 3.53. The molecule has 0 aromatic heterocycles. The maximum absolute atomic E-state index is 11.8. The summed E-state index contributed by atoms with van der Waals surface area (Å²) < 4.78 is 10.5. The van der Waals surface area contributed by atoms with Crippen LogP contribution in [0.2, 0.25) is 0 Å². The molecule has 0 aliphatic heterocycles. The predicted octanol–water partition coefficient (Wildman–Crippen LogP) is 1.47. The summed E-state index contributed by atoms with van der Waals surface area (Å²) in [6.45, 7) is 4.76. The molecule has 1 aliphatic rings. The second kappa shape index (κ2) is 5.15. The Balaban J connectivity index is 2.30. The van der Waals surface area contributed by atoms with Gasteiger partial charge in [-0.2, -0.15) is 0 Å². The number of ether oxygens (including phenoxy) is 2. The lowest BCUT2D eigenvalue weighted by Crippen LogP contribution is -2.45. The third-order valence-corrected chi connectivity index (χ3v) is 3.62. The number of esters is 1. The first kappa shape index (κ1) is 13.5. The van der Waals surface area contributed by atoms with Gasteiger partial charge in [-0.05, 0) is 26.7 Å². The number of carbonyl (C=O) groups excluding carboxylic acids is 1. The van der Waals surface area contributed by atoms with Crippen LogP contribution in [0.3, 0.4) is 0 Å². The highest BCUT2D eigenvalue weighted by atomic mass is 16.5. The smallest absolute Gasteiger partial charge is 0.313 e. The molecule has 0 spiro atoms. The molecule has 1 fully saturated rings. The Bertz CT molecular complexity index is 241. The zero-order valence-corrected chi connectivity index (χ0v) is 10.5. The first-order valence-electron chi connectivity index (χ1n) is 5.88. The van der Waals surface area contributed by atoms with Gasteiger partial charge in [0.2, 0.25) is 0 Å². The van der Waals surface area contributed by atoms with Crippen LogP contribution in [0.4, 0.5) is 0 Å². The van der Waals surface area contributed by atoms with E-state index in [1.165, 1.54) is 0 Å². The molecular formula is C12H23NO3. The van der Waals surface area contributed by atoms with E-state index in [9.17, 15) is 4.79 Å². The summed E-state index contributed by atoms with van der Waals surface area (Å²) in [4.78, 5) is 11.8. The largest absolute Gasteiger partial charge is 0.465 e. The summed E-state index contributed by atoms with van der Waals surface area (Å²) >= 11 is 0. The Labute approximate surface area is 97.5 Å². The zero-order chi connectivity index (χ0) is 12.2. The van der Waals surface area contributed by atoms with Crippen molar-refractivity contribution in [2.24, 2.45) is 11.1 Å². The predicted molar refractivity (Wildman–Crippen MR) is 62.0 cm³/mol. The fourth-order valence-corrected chi connectivity index (χ4v) is 1.74. The quantitative estimate of drug-likeness (QED) is 0.701. The third-order valence-electron chi connectivity index (χ3n) is 3.62. The van der Waals surface area contributed by atoms with E-state index in [0.29, 0.717) is 19.6 Å². The number of rotatable bonds is 6. The summed E-state index contributed by atoms with van der Waals surface area (Å²) in [7, 11) is 1.66. The molecule has 2 N–H and O–H groups in total. The SMILES string of the molecule is COC(C)(C)CCOC(=O)C1(CN)CCC1. The van der Waals surface area contributed by atoms with Gasteiger partial charge in [0.05, 0.1) is 17.6 Å². The number of hydrogen-bond donors (Lipinski definition) is 1. The Morgan fingerprint density at radius 1 is 1.44 bits per heavy atom. The van der Waals surface area contributed by atoms with Crippen LogP contribution in [-0.2, 0) is 14.3 Å². The van der Waals surface area contributed by atoms with Crippen LogP contribution in [-0.4, -0.2) is 31.8 Å². The van der Waals surface area contributed by atoms with Gasteiger partial charge in [0.1, 0.15) is 0 Å². The molecule has 94 valence electrons. The standard InChI is InChI=1S/C12H23NO3/c1-11(2,15-3)7-8-16-10(14)12(9-13)5-4-6-12/h4-9,13H2,1-3H3. The van der Waals surface area contributed by atoms with E-state index in [-0.39, 0.29) is 17.0 Å². The van der Waals surface area contributed by atoms with Crippen LogP contribution in [0, 0.1) is 5.41 Å². The van der Waals surface area contributed by atoms with Crippen molar-refractivity contribution >= 4 is 5.97 Å². The van der Waals surface area contributed by atoms with Crippen LogP contribution in [0.1, 0.15) is 39.5 Å². The maximum atomic E-state index is 11.8. The van der Waals surface area contributed by atoms with Crippen molar-refractivity contribution in [3.63, 3.8) is 0 Å². The number of hydrogen-bond acceptors (Lipinski definition) is 4. The Hall–Kier alpha value is -0.610. The van der Waals surface area contributed by atoms with Crippen molar-refractivity contribution in [3.05, 3.63) is 0 Å². The lowest BCUT2D eigenvalue weighted by Gasteiger charge is -2.38. The van der Waals surface area contributed by atoms with Crippen molar-refractivity contribution in [2.75, 3.05) is 20.3 Å². The van der Waals surface area contributed by atoms with Crippen LogP contribution < -0.4 is 5.73 Å². The number of nitrogens with two attached hydrogens (primary N) is 1. The topological polar surface area (TPSA) is 61.5 Å². The molecule has 16 heavy (non-hydrogen) atoms. The first-order chi connectivity index (χ1) is 7.46. The van der Waals surface area contributed by atoms with Gasteiger partial charge in [-0.1, -0.05) is 6.42 Å². The molecule has 0 radical (unpaired) electrons. The fraction of sp³-hybridized carbons (Fsp3) is 0.917. The van der Waals surface area contributed by atoms with Crippen LogP contribution in [0.15, 0.2) is 0 Å². The molecular weight excluding hydrogens is 206 g/mol. The lowest BCUT2D eigenvalue weighted by atomic mass is 9.69. The molecule has 0 heterocycles. The Morgan fingerprint density at radius 3 is 2.44 bits per heavy atom. The molecule has 1 aliphatic carbocycles. The molecule has 0 saturated heterocycles. The second-order valence-electron chi connectivity index (χ2n) is 5.19. The van der Waals surface area contributed by atoms with E-state index in [4.69, 9.17) is 15.2 Å². The average Bonchev–Trinajstić information content (AvgIpc) is 2.17. The van der Waals surface area contributed by atoms with Gasteiger partial charge < -0.3 is 15.2 Å². The van der Waals surface area contributed by atoms with E-state index in [1.807, 2.05) is 13.8 Å². The monoisotopic (exact) mass is 229 g/mol. The summed E-state index contributed by atoms with van der Waals surface area (Å²) in [5.41, 5.74) is 5.01. The zero-order valence-electron chi connectivity index (χ0n) is 10.5. The van der Waals surface area contributed by atoms with Crippen LogP contribution in [0.5, 0.6) is 0 Å². The van der Waals surface area contributed by atoms with E-state index >= 15 is 0 Å². The highest BCUT2D eigenvalue weighted by molar-refractivity contribution is 5.78. The number of methoxy groups -OCH3 is 1. The molecule has 0 bridgehead atoms. The molecule has 1 rings (SSSR count). The summed E-state index contributed by atoms with van der Waals surface area (Å²) in [6, 6.07) is 0. The summed E-state index contributed by atoms with van der Waals surface area (Å²) in [5.74, 6) is -0.131. The van der Waals surface area contributed by atoms with Gasteiger partial charge >= 0.3 is 5.97 Å². The first-order valence-corrected chi connectivity index (χ1v) is 5.88. The van der Waals surface area contributed by atoms with Gasteiger partial charge in [-0.3, -0.25) is 4.79 Å². The van der Waals surface area contributed by atoms with E-state index in [2.05, 4.69) is 0 Å². The van der Waals surface area contributed by atoms with Gasteiger partial charge in [-0.15, -0.1) is 0 Å². The van der Waals surface area contributed by atoms with Crippen LogP contribution in [0.25, 0.3) is 0 Å². The minimum Gasteiger partial charge on any atom is -0.465 e. The molecule has 4 heteroatoms.